The van der Waals surface area contributed by atoms with Crippen LogP contribution < -0.4 is 9.47 Å². The van der Waals surface area contributed by atoms with Crippen LogP contribution >= 0.6 is 90.4 Å². The summed E-state index contributed by atoms with van der Waals surface area (Å²) >= 11 is 8.36. The van der Waals surface area contributed by atoms with E-state index in [0.717, 1.165) is 3.57 Å². The Balaban J connectivity index is 1.66. The Morgan fingerprint density at radius 2 is 1.57 bits per heavy atom. The van der Waals surface area contributed by atoms with E-state index in [2.05, 4.69) is 45.2 Å². The Kier molecular flexibility index (Phi) is 7.84. The van der Waals surface area contributed by atoms with Crippen LogP contribution in [-0.4, -0.2) is 36.4 Å². The summed E-state index contributed by atoms with van der Waals surface area (Å²) in [5.74, 6) is 0.692. The molecule has 2 aliphatic rings. The maximum absolute atomic E-state index is 13.1. The molecule has 5 rings (SSSR count). The summed E-state index contributed by atoms with van der Waals surface area (Å²) in [4.78, 5) is 13.1. The van der Waals surface area contributed by atoms with Gasteiger partial charge in [0.2, 0.25) is 0 Å². The molecule has 1 unspecified atom stereocenters. The van der Waals surface area contributed by atoms with Gasteiger partial charge in [-0.2, -0.15) is 8.42 Å². The third-order valence-electron chi connectivity index (χ3n) is 6.06. The number of phenols is 1. The van der Waals surface area contributed by atoms with Crippen molar-refractivity contribution in [3.63, 3.8) is 0 Å². The second-order valence-electron chi connectivity index (χ2n) is 8.34. The summed E-state index contributed by atoms with van der Waals surface area (Å²) in [5, 5.41) is 10.7. The first-order valence-electron chi connectivity index (χ1n) is 10.8. The van der Waals surface area contributed by atoms with Crippen molar-refractivity contribution in [2.75, 3.05) is 12.4 Å². The zero-order valence-corrected chi connectivity index (χ0v) is 28.0. The number of halogens is 4. The molecule has 2 heterocycles. The molecule has 0 fully saturated rings. The minimum Gasteiger partial charge on any atom is -0.506 e. The second-order valence-corrected chi connectivity index (χ2v) is 14.4. The molecule has 3 aromatic carbocycles. The largest absolute Gasteiger partial charge is 0.506 e. The molecule has 0 saturated heterocycles. The van der Waals surface area contributed by atoms with Crippen molar-refractivity contribution in [3.05, 3.63) is 72.9 Å². The second kappa shape index (κ2) is 10.4. The van der Waals surface area contributed by atoms with Crippen LogP contribution in [0.2, 0.25) is 0 Å². The summed E-state index contributed by atoms with van der Waals surface area (Å²) in [7, 11) is -4.02. The molecule has 2 N–H and O–H groups in total. The topological polar surface area (TPSA) is 119 Å². The van der Waals surface area contributed by atoms with E-state index in [1.54, 1.807) is 18.2 Å². The van der Waals surface area contributed by atoms with Gasteiger partial charge in [0.05, 0.1) is 43.3 Å². The van der Waals surface area contributed by atoms with Gasteiger partial charge in [-0.3, -0.25) is 4.55 Å². The number of carbonyl (C=O) groups excluding carboxylic acids is 1. The van der Waals surface area contributed by atoms with Gasteiger partial charge >= 0.3 is 5.97 Å². The lowest BCUT2D eigenvalue weighted by Gasteiger charge is -2.38. The van der Waals surface area contributed by atoms with Crippen LogP contribution in [0.1, 0.15) is 39.9 Å². The highest BCUT2D eigenvalue weighted by atomic mass is 127. The predicted octanol–water partition coefficient (Wildman–Crippen LogP) is 6.43. The number of aromatic hydroxyl groups is 1. The first kappa shape index (κ1) is 27.9. The van der Waals surface area contributed by atoms with E-state index in [1.807, 2.05) is 63.4 Å². The van der Waals surface area contributed by atoms with E-state index < -0.39 is 21.7 Å². The van der Waals surface area contributed by atoms with Crippen molar-refractivity contribution in [1.29, 1.82) is 0 Å². The number of hydrogen-bond acceptors (Lipinski definition) is 7. The van der Waals surface area contributed by atoms with Crippen molar-refractivity contribution >= 4 is 106 Å². The SMILES string of the molecule is O=C1OC2(c3ccccc31)c1cc(I)c(O)c(I)c1Oc1c2cc(I)c(OCCCCS(=O)(=O)O)c1I. The van der Waals surface area contributed by atoms with Crippen molar-refractivity contribution < 1.29 is 37.1 Å². The zero-order valence-electron chi connectivity index (χ0n) is 18.6. The molecule has 13 heteroatoms. The van der Waals surface area contributed by atoms with Crippen molar-refractivity contribution in [3.8, 4) is 23.0 Å². The molecule has 2 aliphatic heterocycles. The molecule has 1 atom stereocenters. The maximum Gasteiger partial charge on any atom is 0.340 e. The lowest BCUT2D eigenvalue weighted by atomic mass is 9.77. The third kappa shape index (κ3) is 4.82. The molecule has 0 aliphatic carbocycles. The van der Waals surface area contributed by atoms with Gasteiger partial charge < -0.3 is 19.3 Å². The van der Waals surface area contributed by atoms with Crippen LogP contribution in [-0.2, 0) is 20.5 Å². The van der Waals surface area contributed by atoms with Gasteiger partial charge in [-0.25, -0.2) is 4.79 Å². The number of unbranched alkanes of at least 4 members (excludes halogenated alkanes) is 1. The van der Waals surface area contributed by atoms with Crippen molar-refractivity contribution in [1.82, 2.24) is 0 Å². The summed E-state index contributed by atoms with van der Waals surface area (Å²) < 4.78 is 52.1. The minimum atomic E-state index is -4.02. The number of ether oxygens (including phenoxy) is 3. The lowest BCUT2D eigenvalue weighted by Crippen LogP contribution is -2.34. The maximum atomic E-state index is 13.1. The molecular formula is C24H16I4O8S. The minimum absolute atomic E-state index is 0.0759. The Bertz CT molecular complexity index is 1570. The molecule has 0 aromatic heterocycles. The van der Waals surface area contributed by atoms with E-state index in [4.69, 9.17) is 18.8 Å². The number of fused-ring (bicyclic) bond motifs is 6. The van der Waals surface area contributed by atoms with Crippen molar-refractivity contribution in [2.45, 2.75) is 18.4 Å². The van der Waals surface area contributed by atoms with Gasteiger partial charge in [0.1, 0.15) is 11.5 Å². The summed E-state index contributed by atoms with van der Waals surface area (Å²) in [6.07, 6.45) is 0.679. The van der Waals surface area contributed by atoms with E-state index in [9.17, 15) is 18.3 Å². The van der Waals surface area contributed by atoms with E-state index >= 15 is 0 Å². The van der Waals surface area contributed by atoms with Gasteiger partial charge in [-0.1, -0.05) is 18.2 Å². The molecule has 8 nitrogen and oxygen atoms in total. The normalized spacial score (nSPS) is 17.6. The fourth-order valence-corrected chi connectivity index (χ4v) is 8.91. The number of esters is 1. The summed E-state index contributed by atoms with van der Waals surface area (Å²) in [5.41, 5.74) is 1.13. The van der Waals surface area contributed by atoms with Gasteiger partial charge in [-0.05, 0) is 121 Å². The lowest BCUT2D eigenvalue weighted by molar-refractivity contribution is 0.0222. The molecule has 3 aromatic rings. The van der Waals surface area contributed by atoms with Gasteiger partial charge in [0, 0.05) is 5.56 Å². The van der Waals surface area contributed by atoms with Crippen LogP contribution in [0.4, 0.5) is 0 Å². The highest BCUT2D eigenvalue weighted by molar-refractivity contribution is 14.1. The third-order valence-corrected chi connectivity index (χ3v) is 10.5. The first-order valence-corrected chi connectivity index (χ1v) is 16.7. The number of benzene rings is 3. The standard InChI is InChI=1S/C24H16I4O8S/c25-15-9-13-20(17(27)19(15)29)35-21-14(24(13)12-6-2-1-5-11(12)23(30)36-24)10-16(26)22(18(21)28)34-7-3-4-8-37(31,32)33/h1-2,5-6,9-10,29H,3-4,7-8H2,(H,31,32,33). The molecule has 0 saturated carbocycles. The fourth-order valence-electron chi connectivity index (χ4n) is 4.46. The summed E-state index contributed by atoms with van der Waals surface area (Å²) in [6, 6.07) is 10.9. The van der Waals surface area contributed by atoms with E-state index in [0.29, 0.717) is 56.6 Å². The molecule has 1 spiro atoms. The van der Waals surface area contributed by atoms with Crippen LogP contribution in [0.15, 0.2) is 36.4 Å². The quantitative estimate of drug-likeness (QED) is 0.126. The van der Waals surface area contributed by atoms with E-state index in [-0.39, 0.29) is 24.5 Å². The van der Waals surface area contributed by atoms with E-state index in [1.165, 1.54) is 0 Å². The first-order chi connectivity index (χ1) is 17.5. The molecule has 0 amide bonds. The number of hydrogen-bond donors (Lipinski definition) is 2. The molecular weight excluding hydrogens is 956 g/mol. The average Bonchev–Trinajstić information content (AvgIpc) is 3.13. The average molecular weight is 972 g/mol. The van der Waals surface area contributed by atoms with Gasteiger partial charge in [-0.15, -0.1) is 0 Å². The Morgan fingerprint density at radius 1 is 0.919 bits per heavy atom. The summed E-state index contributed by atoms with van der Waals surface area (Å²) in [6.45, 7) is 0.233. The molecule has 0 bridgehead atoms. The monoisotopic (exact) mass is 972 g/mol. The van der Waals surface area contributed by atoms with Crippen LogP contribution in [0.25, 0.3) is 0 Å². The Labute approximate surface area is 267 Å². The fraction of sp³-hybridized carbons (Fsp3) is 0.208. The Hall–Kier alpha value is -0.640. The molecule has 37 heavy (non-hydrogen) atoms. The van der Waals surface area contributed by atoms with Crippen LogP contribution in [0, 0.1) is 14.3 Å². The highest BCUT2D eigenvalue weighted by Gasteiger charge is 2.55. The smallest absolute Gasteiger partial charge is 0.340 e. The number of carbonyl (C=O) groups is 1. The highest BCUT2D eigenvalue weighted by Crippen LogP contribution is 2.60. The zero-order chi connectivity index (χ0) is 26.7. The van der Waals surface area contributed by atoms with Crippen LogP contribution in [0.5, 0.6) is 23.0 Å². The molecule has 0 radical (unpaired) electrons. The Morgan fingerprint density at radius 3 is 2.27 bits per heavy atom. The molecule has 194 valence electrons. The number of rotatable bonds is 6. The van der Waals surface area contributed by atoms with Crippen LogP contribution in [0.3, 0.4) is 0 Å². The van der Waals surface area contributed by atoms with Gasteiger partial charge in [0.25, 0.3) is 10.1 Å². The van der Waals surface area contributed by atoms with Gasteiger partial charge in [0.15, 0.2) is 17.1 Å². The van der Waals surface area contributed by atoms with Crippen molar-refractivity contribution in [2.24, 2.45) is 0 Å². The number of phenolic OH excluding ortho intramolecular Hbond substituents is 1. The predicted molar refractivity (Wildman–Crippen MR) is 168 cm³/mol.